The molecule has 1 fully saturated rings. The number of hydrogen-bond donors (Lipinski definition) is 2. The van der Waals surface area contributed by atoms with Gasteiger partial charge >= 0.3 is 0 Å². The molecule has 0 amide bonds. The summed E-state index contributed by atoms with van der Waals surface area (Å²) in [6, 6.07) is 0.366. The number of hydroxylamine groups is 1. The zero-order chi connectivity index (χ0) is 6.15. The lowest BCUT2D eigenvalue weighted by Crippen LogP contribution is -2.46. The first-order valence-corrected chi connectivity index (χ1v) is 3.15. The highest BCUT2D eigenvalue weighted by Gasteiger charge is 2.33. The van der Waals surface area contributed by atoms with Crippen molar-refractivity contribution in [1.82, 2.24) is 5.48 Å². The number of rotatable bonds is 1. The summed E-state index contributed by atoms with van der Waals surface area (Å²) >= 11 is 0. The molecule has 0 spiro atoms. The molecule has 0 aromatic carbocycles. The zero-order valence-corrected chi connectivity index (χ0v) is 5.39. The molecular formula is C6H13NO. The summed E-state index contributed by atoms with van der Waals surface area (Å²) in [5, 5.41) is 8.42. The molecule has 1 aliphatic rings. The Bertz CT molecular complexity index is 84.6. The zero-order valence-electron chi connectivity index (χ0n) is 5.39. The first-order valence-electron chi connectivity index (χ1n) is 3.15. The van der Waals surface area contributed by atoms with Crippen LogP contribution in [-0.4, -0.2) is 11.2 Å². The molecule has 3 unspecified atom stereocenters. The van der Waals surface area contributed by atoms with Crippen molar-refractivity contribution in [2.45, 2.75) is 26.3 Å². The molecule has 0 aliphatic heterocycles. The van der Waals surface area contributed by atoms with Crippen LogP contribution in [-0.2, 0) is 0 Å². The number of hydrogen-bond acceptors (Lipinski definition) is 2. The normalized spacial score (nSPS) is 46.1. The molecule has 0 aromatic heterocycles. The molecule has 8 heavy (non-hydrogen) atoms. The van der Waals surface area contributed by atoms with Crippen molar-refractivity contribution in [1.29, 1.82) is 0 Å². The molecule has 1 saturated carbocycles. The average Bonchev–Trinajstić information content (AvgIpc) is 1.81. The SMILES string of the molecule is CC1CC(NO)C1C. The lowest BCUT2D eigenvalue weighted by molar-refractivity contribution is 0.0179. The van der Waals surface area contributed by atoms with Gasteiger partial charge in [-0.15, -0.1) is 0 Å². The fourth-order valence-corrected chi connectivity index (χ4v) is 1.20. The summed E-state index contributed by atoms with van der Waals surface area (Å²) in [6.07, 6.45) is 1.12. The Morgan fingerprint density at radius 1 is 1.50 bits per heavy atom. The summed E-state index contributed by atoms with van der Waals surface area (Å²) in [6.45, 7) is 4.36. The fourth-order valence-electron chi connectivity index (χ4n) is 1.20. The molecule has 1 rings (SSSR count). The van der Waals surface area contributed by atoms with E-state index in [0.717, 1.165) is 12.3 Å². The van der Waals surface area contributed by atoms with Gasteiger partial charge in [0.2, 0.25) is 0 Å². The summed E-state index contributed by atoms with van der Waals surface area (Å²) in [5.74, 6) is 1.44. The second-order valence-electron chi connectivity index (χ2n) is 2.81. The second kappa shape index (κ2) is 2.03. The van der Waals surface area contributed by atoms with Gasteiger partial charge in [-0.1, -0.05) is 13.8 Å². The van der Waals surface area contributed by atoms with Crippen molar-refractivity contribution in [3.8, 4) is 0 Å². The highest BCUT2D eigenvalue weighted by Crippen LogP contribution is 2.32. The van der Waals surface area contributed by atoms with Gasteiger partial charge in [0.1, 0.15) is 0 Å². The maximum atomic E-state index is 8.42. The van der Waals surface area contributed by atoms with E-state index in [2.05, 4.69) is 19.3 Å². The van der Waals surface area contributed by atoms with Gasteiger partial charge in [-0.3, -0.25) is 0 Å². The van der Waals surface area contributed by atoms with Crippen LogP contribution in [0.5, 0.6) is 0 Å². The number of nitrogens with one attached hydrogen (secondary N) is 1. The summed E-state index contributed by atoms with van der Waals surface area (Å²) in [5.41, 5.74) is 2.28. The maximum absolute atomic E-state index is 8.42. The van der Waals surface area contributed by atoms with Gasteiger partial charge in [0.25, 0.3) is 0 Å². The lowest BCUT2D eigenvalue weighted by Gasteiger charge is -2.39. The van der Waals surface area contributed by atoms with Gasteiger partial charge in [-0.25, -0.2) is 5.48 Å². The molecule has 2 nitrogen and oxygen atoms in total. The predicted octanol–water partition coefficient (Wildman–Crippen LogP) is 1.01. The van der Waals surface area contributed by atoms with Crippen molar-refractivity contribution in [2.24, 2.45) is 11.8 Å². The monoisotopic (exact) mass is 115 g/mol. The summed E-state index contributed by atoms with van der Waals surface area (Å²) < 4.78 is 0. The summed E-state index contributed by atoms with van der Waals surface area (Å²) in [4.78, 5) is 0. The molecule has 0 radical (unpaired) electrons. The topological polar surface area (TPSA) is 32.3 Å². The Kier molecular flexibility index (Phi) is 1.54. The van der Waals surface area contributed by atoms with Crippen LogP contribution in [0, 0.1) is 11.8 Å². The van der Waals surface area contributed by atoms with Crippen LogP contribution in [0.4, 0.5) is 0 Å². The van der Waals surface area contributed by atoms with Crippen molar-refractivity contribution >= 4 is 0 Å². The van der Waals surface area contributed by atoms with Crippen LogP contribution < -0.4 is 5.48 Å². The Morgan fingerprint density at radius 2 is 2.12 bits per heavy atom. The third kappa shape index (κ3) is 0.740. The molecule has 2 heteroatoms. The van der Waals surface area contributed by atoms with E-state index in [1.165, 1.54) is 0 Å². The van der Waals surface area contributed by atoms with E-state index in [1.54, 1.807) is 0 Å². The Labute approximate surface area is 49.9 Å². The van der Waals surface area contributed by atoms with Crippen LogP contribution in [0.2, 0.25) is 0 Å². The van der Waals surface area contributed by atoms with Crippen molar-refractivity contribution in [2.75, 3.05) is 0 Å². The van der Waals surface area contributed by atoms with E-state index in [-0.39, 0.29) is 0 Å². The minimum atomic E-state index is 0.366. The van der Waals surface area contributed by atoms with Crippen LogP contribution in [0.15, 0.2) is 0 Å². The molecule has 0 saturated heterocycles. The van der Waals surface area contributed by atoms with E-state index in [9.17, 15) is 0 Å². The fraction of sp³-hybridized carbons (Fsp3) is 1.00. The molecule has 2 N–H and O–H groups in total. The largest absolute Gasteiger partial charge is 0.317 e. The molecule has 0 heterocycles. The standard InChI is InChI=1S/C6H13NO/c1-4-3-6(7-8)5(4)2/h4-8H,3H2,1-2H3. The van der Waals surface area contributed by atoms with Crippen LogP contribution in [0.3, 0.4) is 0 Å². The van der Waals surface area contributed by atoms with Crippen LogP contribution in [0.25, 0.3) is 0 Å². The maximum Gasteiger partial charge on any atom is 0.0350 e. The smallest absolute Gasteiger partial charge is 0.0350 e. The van der Waals surface area contributed by atoms with Gasteiger partial charge in [0.15, 0.2) is 0 Å². The van der Waals surface area contributed by atoms with Crippen molar-refractivity contribution in [3.05, 3.63) is 0 Å². The first-order chi connectivity index (χ1) is 3.75. The Balaban J connectivity index is 2.25. The quantitative estimate of drug-likeness (QED) is 0.500. The van der Waals surface area contributed by atoms with Gasteiger partial charge in [-0.2, -0.15) is 0 Å². The third-order valence-corrected chi connectivity index (χ3v) is 2.32. The van der Waals surface area contributed by atoms with Gasteiger partial charge in [-0.05, 0) is 18.3 Å². The van der Waals surface area contributed by atoms with E-state index in [1.807, 2.05) is 0 Å². The first kappa shape index (κ1) is 6.05. The van der Waals surface area contributed by atoms with E-state index < -0.39 is 0 Å². The Morgan fingerprint density at radius 3 is 2.25 bits per heavy atom. The minimum absolute atomic E-state index is 0.366. The van der Waals surface area contributed by atoms with E-state index in [4.69, 9.17) is 5.21 Å². The highest BCUT2D eigenvalue weighted by molar-refractivity contribution is 4.86. The van der Waals surface area contributed by atoms with Gasteiger partial charge < -0.3 is 5.21 Å². The van der Waals surface area contributed by atoms with Crippen LogP contribution in [0.1, 0.15) is 20.3 Å². The lowest BCUT2D eigenvalue weighted by atomic mass is 9.72. The van der Waals surface area contributed by atoms with E-state index in [0.29, 0.717) is 12.0 Å². The van der Waals surface area contributed by atoms with Gasteiger partial charge in [0.05, 0.1) is 0 Å². The van der Waals surface area contributed by atoms with E-state index >= 15 is 0 Å². The molecule has 3 atom stereocenters. The molecule has 0 aromatic rings. The molecule has 0 bridgehead atoms. The predicted molar refractivity (Wildman–Crippen MR) is 31.7 cm³/mol. The average molecular weight is 115 g/mol. The summed E-state index contributed by atoms with van der Waals surface area (Å²) in [7, 11) is 0. The molecule has 1 aliphatic carbocycles. The Hall–Kier alpha value is -0.0800. The molecule has 48 valence electrons. The van der Waals surface area contributed by atoms with Crippen LogP contribution >= 0.6 is 0 Å². The molecular weight excluding hydrogens is 102 g/mol. The third-order valence-electron chi connectivity index (χ3n) is 2.32. The van der Waals surface area contributed by atoms with Crippen molar-refractivity contribution in [3.63, 3.8) is 0 Å². The minimum Gasteiger partial charge on any atom is -0.317 e. The van der Waals surface area contributed by atoms with Gasteiger partial charge in [0, 0.05) is 6.04 Å². The highest BCUT2D eigenvalue weighted by atomic mass is 16.5. The van der Waals surface area contributed by atoms with Crippen molar-refractivity contribution < 1.29 is 5.21 Å². The second-order valence-corrected chi connectivity index (χ2v) is 2.81.